The van der Waals surface area contributed by atoms with Gasteiger partial charge in [-0.2, -0.15) is 0 Å². The fourth-order valence-electron chi connectivity index (χ4n) is 10.1. The van der Waals surface area contributed by atoms with E-state index in [1.54, 1.807) is 0 Å². The summed E-state index contributed by atoms with van der Waals surface area (Å²) in [4.78, 5) is 15.7. The zero-order valence-corrected chi connectivity index (χ0v) is 38.2. The molecule has 0 aliphatic carbocycles. The van der Waals surface area contributed by atoms with Gasteiger partial charge in [0.15, 0.2) is 25.5 Å². The first-order valence-electron chi connectivity index (χ1n) is 23.1. The number of hydrogen-bond donors (Lipinski definition) is 0. The molecule has 0 saturated carbocycles. The maximum atomic E-state index is 5.30. The van der Waals surface area contributed by atoms with Crippen LogP contribution in [-0.2, 0) is 0 Å². The van der Waals surface area contributed by atoms with E-state index in [4.69, 9.17) is 15.0 Å². The maximum absolute atomic E-state index is 5.30. The summed E-state index contributed by atoms with van der Waals surface area (Å²) in [6.07, 6.45) is 0. The molecule has 0 spiro atoms. The van der Waals surface area contributed by atoms with Crippen molar-refractivity contribution in [3.63, 3.8) is 0 Å². The largest absolute Gasteiger partial charge is 0.308 e. The number of aromatic nitrogens is 4. The van der Waals surface area contributed by atoms with Gasteiger partial charge in [0.05, 0.1) is 16.7 Å². The predicted octanol–water partition coefficient (Wildman–Crippen LogP) is 12.7. The van der Waals surface area contributed by atoms with E-state index in [0.29, 0.717) is 17.5 Å². The number of fused-ring (bicyclic) bond motifs is 3. The third-order valence-electron chi connectivity index (χ3n) is 13.2. The molecular weight excluding hydrogens is 841 g/mol. The molecule has 320 valence electrons. The maximum Gasteiger partial charge on any atom is 0.179 e. The second-order valence-electron chi connectivity index (χ2n) is 17.1. The second-order valence-corrected chi connectivity index (χ2v) is 21.0. The number of hydrogen-bond acceptors (Lipinski definition) is 3. The van der Waals surface area contributed by atoms with Crippen molar-refractivity contribution in [2.75, 3.05) is 0 Å². The molecule has 12 rings (SSSR count). The molecule has 5 heteroatoms. The van der Waals surface area contributed by atoms with Gasteiger partial charge < -0.3 is 4.57 Å². The molecule has 0 atom stereocenters. The third kappa shape index (κ3) is 7.23. The molecule has 0 fully saturated rings. The highest BCUT2D eigenvalue weighted by Gasteiger charge is 2.41. The minimum atomic E-state index is -2.81. The van der Waals surface area contributed by atoms with Crippen LogP contribution in [0.2, 0.25) is 0 Å². The first-order chi connectivity index (χ1) is 33.7. The Bertz CT molecular complexity index is 3560. The monoisotopic (exact) mass is 884 g/mol. The number of nitrogens with zero attached hydrogens (tertiary/aromatic N) is 4. The molecule has 0 bridgehead atoms. The molecule has 12 aromatic rings. The van der Waals surface area contributed by atoms with Crippen LogP contribution >= 0.6 is 0 Å². The van der Waals surface area contributed by atoms with Crippen molar-refractivity contribution in [1.29, 1.82) is 0 Å². The van der Waals surface area contributed by atoms with E-state index in [2.05, 4.69) is 235 Å². The Kier molecular flexibility index (Phi) is 10.5. The summed E-state index contributed by atoms with van der Waals surface area (Å²) in [6.45, 7) is 0. The van der Waals surface area contributed by atoms with Crippen molar-refractivity contribution in [3.8, 4) is 62.1 Å². The Hall–Kier alpha value is -8.77. The molecule has 0 N–H and O–H groups in total. The summed E-state index contributed by atoms with van der Waals surface area (Å²) in [7, 11) is -2.81. The summed E-state index contributed by atoms with van der Waals surface area (Å²) in [5.74, 6) is 1.84. The molecule has 2 aromatic heterocycles. The van der Waals surface area contributed by atoms with E-state index in [0.717, 1.165) is 44.5 Å². The van der Waals surface area contributed by atoms with Crippen molar-refractivity contribution in [1.82, 2.24) is 19.5 Å². The zero-order chi connectivity index (χ0) is 45.3. The van der Waals surface area contributed by atoms with Crippen LogP contribution < -0.4 is 20.7 Å². The minimum Gasteiger partial charge on any atom is -0.308 e. The lowest BCUT2D eigenvalue weighted by Crippen LogP contribution is -2.74. The van der Waals surface area contributed by atoms with Crippen molar-refractivity contribution in [2.24, 2.45) is 0 Å². The fraction of sp³-hybridized carbons (Fsp3) is 0. The van der Waals surface area contributed by atoms with Crippen LogP contribution in [-0.4, -0.2) is 27.6 Å². The van der Waals surface area contributed by atoms with Gasteiger partial charge in [-0.1, -0.05) is 237 Å². The van der Waals surface area contributed by atoms with Crippen LogP contribution in [0.5, 0.6) is 0 Å². The Morgan fingerprint density at radius 2 is 0.676 bits per heavy atom. The standard InChI is InChI=1S/C63H44N4Si/c1-7-22-45(23-8-1)49-39-41-59-57(43-49)55-36-19-20-37-58(55)67(59)60-44-50(38-40-56(60)63-65-61(46-24-9-2-10-25-46)64-62(66-63)47-26-11-3-12-27-47)48-28-21-35-54(42-48)68(51-29-13-4-14-30-51,52-31-15-5-16-32-52)53-33-17-6-18-34-53/h1-44H. The SMILES string of the molecule is c1ccc(-c2ccc3c(c2)c2ccccc2n3-c2cc(-c3cccc([Si](c4ccccc4)(c4ccccc4)c4ccccc4)c3)ccc2-c2nc(-c3ccccc3)nc(-c3ccccc3)n2)cc1. The first kappa shape index (κ1) is 40.7. The number of rotatable bonds is 10. The molecule has 2 heterocycles. The van der Waals surface area contributed by atoms with Crippen molar-refractivity contribution < 1.29 is 0 Å². The van der Waals surface area contributed by atoms with Gasteiger partial charge in [-0.3, -0.25) is 0 Å². The van der Waals surface area contributed by atoms with E-state index < -0.39 is 8.07 Å². The molecule has 0 aliphatic rings. The van der Waals surface area contributed by atoms with Crippen LogP contribution in [0, 0.1) is 0 Å². The van der Waals surface area contributed by atoms with Crippen LogP contribution in [0.4, 0.5) is 0 Å². The van der Waals surface area contributed by atoms with Gasteiger partial charge in [0.25, 0.3) is 0 Å². The van der Waals surface area contributed by atoms with Crippen LogP contribution in [0.3, 0.4) is 0 Å². The highest BCUT2D eigenvalue weighted by Crippen LogP contribution is 2.39. The molecular formula is C63H44N4Si. The lowest BCUT2D eigenvalue weighted by Gasteiger charge is -2.34. The Labute approximate surface area is 397 Å². The summed E-state index contributed by atoms with van der Waals surface area (Å²) < 4.78 is 2.41. The van der Waals surface area contributed by atoms with Crippen LogP contribution in [0.25, 0.3) is 83.9 Å². The van der Waals surface area contributed by atoms with Crippen molar-refractivity contribution in [2.45, 2.75) is 0 Å². The quantitative estimate of drug-likeness (QED) is 0.102. The summed E-state index contributed by atoms with van der Waals surface area (Å²) in [5.41, 5.74) is 10.5. The minimum absolute atomic E-state index is 0.600. The molecule has 0 saturated heterocycles. The zero-order valence-electron chi connectivity index (χ0n) is 37.2. The average molecular weight is 885 g/mol. The number of para-hydroxylation sites is 1. The van der Waals surface area contributed by atoms with E-state index in [9.17, 15) is 0 Å². The van der Waals surface area contributed by atoms with E-state index >= 15 is 0 Å². The fourth-order valence-corrected chi connectivity index (χ4v) is 14.8. The molecule has 4 nitrogen and oxygen atoms in total. The molecule has 10 aromatic carbocycles. The lowest BCUT2D eigenvalue weighted by atomic mass is 10.0. The van der Waals surface area contributed by atoms with Gasteiger partial charge in [0, 0.05) is 27.5 Å². The highest BCUT2D eigenvalue weighted by molar-refractivity contribution is 7.19. The second kappa shape index (κ2) is 17.6. The molecule has 0 unspecified atom stereocenters. The predicted molar refractivity (Wildman–Crippen MR) is 285 cm³/mol. The third-order valence-corrected chi connectivity index (χ3v) is 18.0. The highest BCUT2D eigenvalue weighted by atomic mass is 28.3. The molecule has 68 heavy (non-hydrogen) atoms. The molecule has 0 radical (unpaired) electrons. The first-order valence-corrected chi connectivity index (χ1v) is 25.1. The average Bonchev–Trinajstić information content (AvgIpc) is 3.76. The number of benzene rings is 10. The Morgan fingerprint density at radius 1 is 0.265 bits per heavy atom. The topological polar surface area (TPSA) is 43.6 Å². The normalized spacial score (nSPS) is 11.5. The van der Waals surface area contributed by atoms with Crippen LogP contribution in [0.1, 0.15) is 0 Å². The Morgan fingerprint density at radius 3 is 1.25 bits per heavy atom. The van der Waals surface area contributed by atoms with Gasteiger partial charge in [-0.15, -0.1) is 0 Å². The summed E-state index contributed by atoms with van der Waals surface area (Å²) in [5, 5.41) is 7.67. The van der Waals surface area contributed by atoms with Gasteiger partial charge in [-0.25, -0.2) is 15.0 Å². The lowest BCUT2D eigenvalue weighted by molar-refractivity contribution is 1.06. The van der Waals surface area contributed by atoms with Gasteiger partial charge in [0.2, 0.25) is 0 Å². The van der Waals surface area contributed by atoms with Crippen LogP contribution in [0.15, 0.2) is 267 Å². The van der Waals surface area contributed by atoms with E-state index in [1.807, 2.05) is 36.4 Å². The van der Waals surface area contributed by atoms with Crippen molar-refractivity contribution >= 4 is 50.6 Å². The molecule has 0 aliphatic heterocycles. The summed E-state index contributed by atoms with van der Waals surface area (Å²) >= 11 is 0. The van der Waals surface area contributed by atoms with Gasteiger partial charge in [0.1, 0.15) is 0 Å². The van der Waals surface area contributed by atoms with E-state index in [1.165, 1.54) is 42.6 Å². The van der Waals surface area contributed by atoms with Crippen molar-refractivity contribution in [3.05, 3.63) is 267 Å². The van der Waals surface area contributed by atoms with Gasteiger partial charge in [-0.05, 0) is 73.3 Å². The Balaban J connectivity index is 1.13. The smallest absolute Gasteiger partial charge is 0.179 e. The molecule has 0 amide bonds. The summed E-state index contributed by atoms with van der Waals surface area (Å²) in [6, 6.07) is 96.0. The van der Waals surface area contributed by atoms with E-state index in [-0.39, 0.29) is 0 Å². The van der Waals surface area contributed by atoms with Gasteiger partial charge >= 0.3 is 0 Å².